The summed E-state index contributed by atoms with van der Waals surface area (Å²) in [6, 6.07) is 19.5. The van der Waals surface area contributed by atoms with Crippen LogP contribution in [0.4, 0.5) is 4.39 Å². The monoisotopic (exact) mass is 324 g/mol. The predicted octanol–water partition coefficient (Wildman–Crippen LogP) is 3.09. The van der Waals surface area contributed by atoms with E-state index in [4.69, 9.17) is 0 Å². The molecule has 2 aromatic carbocycles. The Morgan fingerprint density at radius 1 is 0.917 bits per heavy atom. The molecule has 0 atom stereocenters. The highest BCUT2D eigenvalue weighted by atomic mass is 19.1. The van der Waals surface area contributed by atoms with Gasteiger partial charge in [0, 0.05) is 23.1 Å². The molecule has 0 bridgehead atoms. The summed E-state index contributed by atoms with van der Waals surface area (Å²) in [5.41, 5.74) is 1.38. The number of ketones is 1. The van der Waals surface area contributed by atoms with Crippen molar-refractivity contribution < 1.29 is 23.3 Å². The van der Waals surface area contributed by atoms with E-state index in [1.54, 1.807) is 47.0 Å². The van der Waals surface area contributed by atoms with Gasteiger partial charge in [-0.05, 0) is 12.1 Å². The van der Waals surface area contributed by atoms with Crippen LogP contribution < -0.4 is 4.57 Å². The molecule has 0 saturated carbocycles. The van der Waals surface area contributed by atoms with Crippen LogP contribution in [0.2, 0.25) is 0 Å². The number of fused-ring (bicyclic) bond motifs is 1. The first-order valence-electron chi connectivity index (χ1n) is 7.43. The Labute approximate surface area is 138 Å². The van der Waals surface area contributed by atoms with Gasteiger partial charge in [-0.3, -0.25) is 4.79 Å². The van der Waals surface area contributed by atoms with Crippen molar-refractivity contribution in [2.45, 2.75) is 6.54 Å². The number of aromatic nitrogens is 1. The Bertz CT molecular complexity index is 894. The van der Waals surface area contributed by atoms with Crippen LogP contribution in [0.5, 0.6) is 0 Å². The molecule has 120 valence electrons. The van der Waals surface area contributed by atoms with Crippen molar-refractivity contribution in [3.63, 3.8) is 0 Å². The minimum Gasteiger partial charge on any atom is -0.426 e. The number of alkyl halides is 1. The molecule has 0 aliphatic carbocycles. The molecule has 3 aromatic rings. The number of esters is 1. The normalized spacial score (nSPS) is 10.5. The van der Waals surface area contributed by atoms with Crippen LogP contribution in [-0.4, -0.2) is 18.6 Å². The summed E-state index contributed by atoms with van der Waals surface area (Å²) in [6.07, 6.45) is 0. The molecule has 5 heteroatoms. The van der Waals surface area contributed by atoms with Crippen LogP contribution >= 0.6 is 0 Å². The predicted molar refractivity (Wildman–Crippen MR) is 86.3 cm³/mol. The molecule has 0 radical (unpaired) electrons. The molecule has 0 aliphatic rings. The summed E-state index contributed by atoms with van der Waals surface area (Å²) in [5.74, 6) is -0.949. The molecule has 0 amide bonds. The van der Waals surface area contributed by atoms with Gasteiger partial charge in [-0.25, -0.2) is 9.18 Å². The molecular formula is C19H15FNO3+. The van der Waals surface area contributed by atoms with E-state index in [-0.39, 0.29) is 18.0 Å². The van der Waals surface area contributed by atoms with Crippen LogP contribution in [0.1, 0.15) is 20.8 Å². The lowest BCUT2D eigenvalue weighted by atomic mass is 10.1. The van der Waals surface area contributed by atoms with Crippen LogP contribution in [0.25, 0.3) is 10.9 Å². The van der Waals surface area contributed by atoms with E-state index < -0.39 is 12.8 Å². The van der Waals surface area contributed by atoms with E-state index in [1.165, 1.54) is 0 Å². The second kappa shape index (κ2) is 7.00. The van der Waals surface area contributed by atoms with Gasteiger partial charge in [0.15, 0.2) is 0 Å². The summed E-state index contributed by atoms with van der Waals surface area (Å²) >= 11 is 0. The summed E-state index contributed by atoms with van der Waals surface area (Å²) in [7, 11) is 0. The SMILES string of the molecule is O=C(C[n+]1c(C(=O)OCF)ccc2ccccc21)c1ccccc1. The molecule has 0 N–H and O–H groups in total. The quantitative estimate of drug-likeness (QED) is 0.412. The molecular weight excluding hydrogens is 309 g/mol. The zero-order valence-electron chi connectivity index (χ0n) is 12.8. The maximum absolute atomic E-state index is 12.5. The van der Waals surface area contributed by atoms with Crippen molar-refractivity contribution in [1.82, 2.24) is 0 Å². The van der Waals surface area contributed by atoms with Gasteiger partial charge in [0.05, 0.1) is 0 Å². The standard InChI is InChI=1S/C19H15FNO3/c20-13-24-19(23)17-11-10-14-6-4-5-9-16(14)21(17)12-18(22)15-7-2-1-3-8-15/h1-11H,12-13H2/q+1. The smallest absolute Gasteiger partial charge is 0.406 e. The zero-order chi connectivity index (χ0) is 16.9. The van der Waals surface area contributed by atoms with Gasteiger partial charge < -0.3 is 4.74 Å². The second-order valence-corrected chi connectivity index (χ2v) is 5.19. The fraction of sp³-hybridized carbons (Fsp3) is 0.105. The Morgan fingerprint density at radius 3 is 2.38 bits per heavy atom. The molecule has 0 saturated heterocycles. The second-order valence-electron chi connectivity index (χ2n) is 5.19. The van der Waals surface area contributed by atoms with E-state index >= 15 is 0 Å². The van der Waals surface area contributed by atoms with Crippen molar-refractivity contribution in [1.29, 1.82) is 0 Å². The maximum atomic E-state index is 12.5. The molecule has 0 fully saturated rings. The van der Waals surface area contributed by atoms with E-state index in [9.17, 15) is 14.0 Å². The zero-order valence-corrected chi connectivity index (χ0v) is 12.8. The molecule has 0 spiro atoms. The van der Waals surface area contributed by atoms with Crippen LogP contribution in [0, 0.1) is 0 Å². The molecule has 1 aromatic heterocycles. The minimum atomic E-state index is -1.21. The Morgan fingerprint density at radius 2 is 1.62 bits per heavy atom. The fourth-order valence-electron chi connectivity index (χ4n) is 2.59. The number of para-hydroxylation sites is 1. The van der Waals surface area contributed by atoms with E-state index in [1.807, 2.05) is 24.3 Å². The van der Waals surface area contributed by atoms with Crippen LogP contribution in [0.3, 0.4) is 0 Å². The van der Waals surface area contributed by atoms with Crippen molar-refractivity contribution in [2.24, 2.45) is 0 Å². The average Bonchev–Trinajstić information content (AvgIpc) is 2.63. The number of carbonyl (C=O) groups is 2. The number of nitrogens with zero attached hydrogens (tertiary/aromatic N) is 1. The average molecular weight is 324 g/mol. The number of hydrogen-bond donors (Lipinski definition) is 0. The van der Waals surface area contributed by atoms with Crippen molar-refractivity contribution >= 4 is 22.7 Å². The maximum Gasteiger partial charge on any atom is 0.406 e. The third kappa shape index (κ3) is 3.15. The largest absolute Gasteiger partial charge is 0.426 e. The lowest BCUT2D eigenvalue weighted by Crippen LogP contribution is -2.44. The fourth-order valence-corrected chi connectivity index (χ4v) is 2.59. The molecule has 1 heterocycles. The van der Waals surface area contributed by atoms with Gasteiger partial charge in [0.2, 0.25) is 24.7 Å². The number of ether oxygens (including phenoxy) is 1. The first kappa shape index (κ1) is 15.8. The van der Waals surface area contributed by atoms with Gasteiger partial charge >= 0.3 is 5.97 Å². The number of rotatable bonds is 5. The third-order valence-electron chi connectivity index (χ3n) is 3.73. The molecule has 4 nitrogen and oxygen atoms in total. The highest BCUT2D eigenvalue weighted by molar-refractivity contribution is 5.95. The highest BCUT2D eigenvalue weighted by Gasteiger charge is 2.26. The summed E-state index contributed by atoms with van der Waals surface area (Å²) in [4.78, 5) is 24.6. The number of halogens is 1. The summed E-state index contributed by atoms with van der Waals surface area (Å²) in [6.45, 7) is -1.25. The Kier molecular flexibility index (Phi) is 4.61. The molecule has 24 heavy (non-hydrogen) atoms. The van der Waals surface area contributed by atoms with Gasteiger partial charge in [-0.1, -0.05) is 42.5 Å². The topological polar surface area (TPSA) is 47.2 Å². The Hall–Kier alpha value is -3.08. The highest BCUT2D eigenvalue weighted by Crippen LogP contribution is 2.12. The first-order chi connectivity index (χ1) is 11.7. The van der Waals surface area contributed by atoms with E-state index in [2.05, 4.69) is 4.74 Å². The number of benzene rings is 2. The number of hydrogen-bond acceptors (Lipinski definition) is 3. The molecule has 0 aliphatic heterocycles. The van der Waals surface area contributed by atoms with Crippen LogP contribution in [0.15, 0.2) is 66.7 Å². The third-order valence-corrected chi connectivity index (χ3v) is 3.73. The van der Waals surface area contributed by atoms with E-state index in [0.29, 0.717) is 11.1 Å². The molecule has 3 rings (SSSR count). The molecule has 0 unspecified atom stereocenters. The van der Waals surface area contributed by atoms with E-state index in [0.717, 1.165) is 5.39 Å². The lowest BCUT2D eigenvalue weighted by Gasteiger charge is -2.06. The van der Waals surface area contributed by atoms with Crippen molar-refractivity contribution in [3.05, 3.63) is 78.0 Å². The van der Waals surface area contributed by atoms with Gasteiger partial charge in [0.1, 0.15) is 0 Å². The number of pyridine rings is 1. The van der Waals surface area contributed by atoms with Gasteiger partial charge in [-0.15, -0.1) is 0 Å². The number of Topliss-reactive ketones (excluding diaryl/α,β-unsaturated/α-hetero) is 1. The Balaban J connectivity index is 2.08. The van der Waals surface area contributed by atoms with Gasteiger partial charge in [0.25, 0.3) is 5.69 Å². The summed E-state index contributed by atoms with van der Waals surface area (Å²) in [5, 5.41) is 0.871. The van der Waals surface area contributed by atoms with Crippen molar-refractivity contribution in [2.75, 3.05) is 6.86 Å². The van der Waals surface area contributed by atoms with Gasteiger partial charge in [-0.2, -0.15) is 4.57 Å². The first-order valence-corrected chi connectivity index (χ1v) is 7.43. The summed E-state index contributed by atoms with van der Waals surface area (Å²) < 4.78 is 18.4. The minimum absolute atomic E-state index is 0.0396. The van der Waals surface area contributed by atoms with Crippen molar-refractivity contribution in [3.8, 4) is 0 Å². The number of carbonyl (C=O) groups excluding carboxylic acids is 2. The van der Waals surface area contributed by atoms with Crippen LogP contribution in [-0.2, 0) is 11.3 Å². The lowest BCUT2D eigenvalue weighted by molar-refractivity contribution is -0.659.